The Bertz CT molecular complexity index is 1420. The van der Waals surface area contributed by atoms with Gasteiger partial charge in [-0.15, -0.1) is 0 Å². The van der Waals surface area contributed by atoms with Crippen LogP contribution < -0.4 is 5.32 Å². The molecule has 0 saturated carbocycles. The van der Waals surface area contributed by atoms with E-state index in [2.05, 4.69) is 58.5 Å². The molecule has 6 saturated heterocycles. The zero-order chi connectivity index (χ0) is 64.9. The van der Waals surface area contributed by atoms with Crippen molar-refractivity contribution in [2.45, 2.75) is 59.0 Å². The zero-order valence-electron chi connectivity index (χ0n) is 58.7. The first-order chi connectivity index (χ1) is 43.4. The molecule has 89 heavy (non-hydrogen) atoms. The predicted octanol–water partition coefficient (Wildman–Crippen LogP) is 2.45. The van der Waals surface area contributed by atoms with Crippen LogP contribution in [0, 0.1) is 0 Å². The quantitative estimate of drug-likeness (QED) is 0.0884. The van der Waals surface area contributed by atoms with Crippen LogP contribution in [-0.2, 0) is 66.3 Å². The summed E-state index contributed by atoms with van der Waals surface area (Å²) in [5.41, 5.74) is -0.427. The van der Waals surface area contributed by atoms with Gasteiger partial charge in [0.2, 0.25) is 0 Å². The molecule has 0 aromatic rings. The molecule has 6 rings (SSSR count). The summed E-state index contributed by atoms with van der Waals surface area (Å²) in [7, 11) is 12.3. The number of likely N-dealkylation sites (tertiary alicyclic amines) is 1. The second-order valence-electron chi connectivity index (χ2n) is 23.7. The number of hydrogen-bond donors (Lipinski definition) is 1. The highest BCUT2D eigenvalue weighted by Crippen LogP contribution is 2.12. The largest absolute Gasteiger partial charge is 0.444 e. The molecule has 0 atom stereocenters. The minimum atomic E-state index is -0.427. The summed E-state index contributed by atoms with van der Waals surface area (Å²) in [6.45, 7) is 52.0. The third kappa shape index (κ3) is 54.4. The van der Waals surface area contributed by atoms with E-state index in [9.17, 15) is 4.79 Å². The maximum absolute atomic E-state index is 11.9. The molecule has 0 unspecified atom stereocenters. The first-order valence-electron chi connectivity index (χ1n) is 33.8. The van der Waals surface area contributed by atoms with Crippen LogP contribution in [0.3, 0.4) is 0 Å². The first-order valence-corrected chi connectivity index (χ1v) is 33.8. The van der Waals surface area contributed by atoms with Gasteiger partial charge >= 0.3 is 6.09 Å². The molecular formula is C64H136N10O15. The summed E-state index contributed by atoms with van der Waals surface area (Å²) in [5.74, 6) is 0. The van der Waals surface area contributed by atoms with Gasteiger partial charge in [-0.25, -0.2) is 4.79 Å². The van der Waals surface area contributed by atoms with Crippen molar-refractivity contribution in [2.24, 2.45) is 0 Å². The molecule has 1 N–H and O–H groups in total. The Kier molecular flexibility index (Phi) is 60.0. The fourth-order valence-electron chi connectivity index (χ4n) is 9.56. The number of likely N-dealkylation sites (N-methyl/N-ethyl adjacent to an activating group) is 1. The van der Waals surface area contributed by atoms with Crippen molar-refractivity contribution in [1.82, 2.24) is 49.4 Å². The maximum Gasteiger partial charge on any atom is 0.410 e. The minimum absolute atomic E-state index is 0.214. The number of piperazine rings is 4. The van der Waals surface area contributed by atoms with Crippen LogP contribution in [0.1, 0.15) is 53.4 Å². The summed E-state index contributed by atoms with van der Waals surface area (Å²) in [6.07, 6.45) is 5.14. The maximum atomic E-state index is 11.9. The van der Waals surface area contributed by atoms with Crippen molar-refractivity contribution < 1.29 is 71.1 Å². The Morgan fingerprint density at radius 3 is 0.989 bits per heavy atom. The number of nitrogens with one attached hydrogen (secondary N) is 1. The van der Waals surface area contributed by atoms with Gasteiger partial charge in [-0.1, -0.05) is 13.3 Å². The highest BCUT2D eigenvalue weighted by atomic mass is 16.6. The number of methoxy groups -OCH3 is 6. The van der Waals surface area contributed by atoms with E-state index in [-0.39, 0.29) is 6.09 Å². The van der Waals surface area contributed by atoms with Crippen molar-refractivity contribution in [3.8, 4) is 0 Å². The van der Waals surface area contributed by atoms with E-state index in [4.69, 9.17) is 66.3 Å². The molecular weight excluding hydrogens is 1150 g/mol. The van der Waals surface area contributed by atoms with Gasteiger partial charge in [0.15, 0.2) is 0 Å². The molecule has 6 aliphatic rings. The molecule has 0 aliphatic carbocycles. The van der Waals surface area contributed by atoms with Gasteiger partial charge in [-0.2, -0.15) is 0 Å². The molecule has 0 aromatic heterocycles. The molecule has 6 fully saturated rings. The molecule has 0 aromatic carbocycles. The molecule has 0 radical (unpaired) electrons. The third-order valence-corrected chi connectivity index (χ3v) is 15.3. The summed E-state index contributed by atoms with van der Waals surface area (Å²) in [6, 6.07) is 0. The SMILES string of the molecule is CCCCN1CCN(CCOCCOC)CC1.COCCOCCN1CCCC1.COCCOCCN1CCN(C(=O)OC(C)(C)C)CC1.COCCOCCN1CCN(C)CC1.COCCOCCN1CCNCC1.COCCOCCN1CCOCC1. The summed E-state index contributed by atoms with van der Waals surface area (Å²) < 4.78 is 72.5. The smallest absolute Gasteiger partial charge is 0.410 e. The van der Waals surface area contributed by atoms with E-state index in [1.165, 1.54) is 97.7 Å². The summed E-state index contributed by atoms with van der Waals surface area (Å²) >= 11 is 0. The van der Waals surface area contributed by atoms with Crippen molar-refractivity contribution in [2.75, 3.05) is 359 Å². The third-order valence-electron chi connectivity index (χ3n) is 15.3. The average Bonchev–Trinajstić information content (AvgIpc) is 4.22. The van der Waals surface area contributed by atoms with E-state index in [1.54, 1.807) is 47.6 Å². The Morgan fingerprint density at radius 2 is 0.663 bits per heavy atom. The number of unbranched alkanes of at least 4 members (excludes halogenated alkanes) is 1. The van der Waals surface area contributed by atoms with Crippen LogP contribution in [0.5, 0.6) is 0 Å². The average molecular weight is 1290 g/mol. The highest BCUT2D eigenvalue weighted by molar-refractivity contribution is 5.68. The molecule has 6 heterocycles. The number of rotatable bonds is 39. The number of carbonyl (C=O) groups excluding carboxylic acids is 1. The number of hydrogen-bond acceptors (Lipinski definition) is 24. The summed E-state index contributed by atoms with van der Waals surface area (Å²) in [4.78, 5) is 33.1. The lowest BCUT2D eigenvalue weighted by atomic mass is 10.2. The number of carbonyl (C=O) groups is 1. The number of morpholine rings is 1. The lowest BCUT2D eigenvalue weighted by Gasteiger charge is -2.35. The van der Waals surface area contributed by atoms with Crippen molar-refractivity contribution >= 4 is 6.09 Å². The minimum Gasteiger partial charge on any atom is -0.444 e. The Hall–Kier alpha value is -1.61. The van der Waals surface area contributed by atoms with E-state index >= 15 is 0 Å². The topological polar surface area (TPSA) is 187 Å². The van der Waals surface area contributed by atoms with Crippen LogP contribution in [-0.4, -0.2) is 414 Å². The van der Waals surface area contributed by atoms with Gasteiger partial charge in [0.05, 0.1) is 132 Å². The molecule has 25 nitrogen and oxygen atoms in total. The fraction of sp³-hybridized carbons (Fsp3) is 0.984. The number of amides is 1. The van der Waals surface area contributed by atoms with Crippen LogP contribution in [0.4, 0.5) is 4.79 Å². The second-order valence-corrected chi connectivity index (χ2v) is 23.7. The molecule has 532 valence electrons. The predicted molar refractivity (Wildman–Crippen MR) is 354 cm³/mol. The van der Waals surface area contributed by atoms with Gasteiger partial charge < -0.3 is 91.2 Å². The Morgan fingerprint density at radius 1 is 0.371 bits per heavy atom. The van der Waals surface area contributed by atoms with Crippen LogP contribution in [0.25, 0.3) is 0 Å². The van der Waals surface area contributed by atoms with Crippen molar-refractivity contribution in [3.05, 3.63) is 0 Å². The number of nitrogens with zero attached hydrogens (tertiary/aromatic N) is 9. The van der Waals surface area contributed by atoms with Crippen molar-refractivity contribution in [3.63, 3.8) is 0 Å². The molecule has 0 spiro atoms. The molecule has 0 bridgehead atoms. The van der Waals surface area contributed by atoms with E-state index in [0.29, 0.717) is 92.4 Å². The normalized spacial score (nSPS) is 18.8. The van der Waals surface area contributed by atoms with E-state index in [1.807, 2.05) is 20.8 Å². The lowest BCUT2D eigenvalue weighted by molar-refractivity contribution is 0.00972. The van der Waals surface area contributed by atoms with E-state index < -0.39 is 5.60 Å². The first kappa shape index (κ1) is 85.4. The Labute approximate surface area is 542 Å². The van der Waals surface area contributed by atoms with Gasteiger partial charge in [-0.3, -0.25) is 24.5 Å². The molecule has 25 heteroatoms. The van der Waals surface area contributed by atoms with Crippen LogP contribution in [0.2, 0.25) is 0 Å². The number of ether oxygens (including phenoxy) is 14. The van der Waals surface area contributed by atoms with E-state index in [0.717, 1.165) is 144 Å². The monoisotopic (exact) mass is 1290 g/mol. The lowest BCUT2D eigenvalue weighted by Crippen LogP contribution is -2.50. The summed E-state index contributed by atoms with van der Waals surface area (Å²) in [5, 5.41) is 3.32. The van der Waals surface area contributed by atoms with Gasteiger partial charge in [-0.05, 0) is 66.7 Å². The molecule has 1 amide bonds. The van der Waals surface area contributed by atoms with Gasteiger partial charge in [0.25, 0.3) is 0 Å². The second kappa shape index (κ2) is 62.5. The van der Waals surface area contributed by atoms with Crippen LogP contribution in [0.15, 0.2) is 0 Å². The van der Waals surface area contributed by atoms with Crippen LogP contribution >= 0.6 is 0 Å². The highest BCUT2D eigenvalue weighted by Gasteiger charge is 2.26. The zero-order valence-corrected chi connectivity index (χ0v) is 58.7. The van der Waals surface area contributed by atoms with Gasteiger partial charge in [0.1, 0.15) is 5.60 Å². The molecule has 6 aliphatic heterocycles. The fourth-order valence-corrected chi connectivity index (χ4v) is 9.56. The Balaban J connectivity index is 0.000000539. The van der Waals surface area contributed by atoms with Crippen molar-refractivity contribution in [1.29, 1.82) is 0 Å². The van der Waals surface area contributed by atoms with Gasteiger partial charge in [0, 0.05) is 200 Å². The standard InChI is InChI=1S/C14H28N2O4.C13H28N2O2.C10H22N2O2.C9H20N2O2.C9H19NO3.C9H19NO2/c1-14(2,3)20-13(17)16-7-5-15(6-8-16)9-10-19-12-11-18-4;1-3-4-5-14-6-8-15(9-7-14)10-11-17-13-12-16-2;1-11-3-5-12(6-4-11)7-8-14-10-9-13-2;1-12-8-9-13-7-6-11-4-2-10-3-5-11;1-11-8-9-13-7-4-10-2-5-12-6-3-10;1-11-8-9-12-7-6-10-4-2-3-5-10/h5-12H2,1-4H3;3-13H2,1-2H3;3-10H2,1-2H3;10H,2-9H2,1H3;2-9H2,1H3;2-9H2,1H3.